The Balaban J connectivity index is 1.71. The summed E-state index contributed by atoms with van der Waals surface area (Å²) in [6.45, 7) is 0.170. The van der Waals surface area contributed by atoms with Gasteiger partial charge in [0.15, 0.2) is 5.43 Å². The maximum Gasteiger partial charge on any atom is 0.197 e. The average Bonchev–Trinajstić information content (AvgIpc) is 2.67. The molecule has 1 aromatic heterocycles. The summed E-state index contributed by atoms with van der Waals surface area (Å²) in [5.41, 5.74) is 1.42. The molecule has 0 fully saturated rings. The molecule has 28 heavy (non-hydrogen) atoms. The van der Waals surface area contributed by atoms with Crippen molar-refractivity contribution in [2.75, 3.05) is 0 Å². The van der Waals surface area contributed by atoms with Crippen molar-refractivity contribution in [1.82, 2.24) is 0 Å². The van der Waals surface area contributed by atoms with Crippen molar-refractivity contribution in [3.8, 4) is 22.8 Å². The SMILES string of the molecule is O=c1cc(-c2ccccc2)oc2cc(OCc3ccc(Cl)cc3Cl)cc(O)c12. The van der Waals surface area contributed by atoms with Crippen LogP contribution in [0, 0.1) is 0 Å². The average molecular weight is 413 g/mol. The molecular formula is C22H14Cl2O4. The lowest BCUT2D eigenvalue weighted by Crippen LogP contribution is -2.02. The Kier molecular flexibility index (Phi) is 4.99. The van der Waals surface area contributed by atoms with Crippen molar-refractivity contribution in [2.24, 2.45) is 0 Å². The van der Waals surface area contributed by atoms with Gasteiger partial charge in [0.1, 0.15) is 34.8 Å². The second-order valence-corrected chi connectivity index (χ2v) is 7.02. The highest BCUT2D eigenvalue weighted by molar-refractivity contribution is 6.35. The van der Waals surface area contributed by atoms with Gasteiger partial charge in [-0.05, 0) is 12.1 Å². The standard InChI is InChI=1S/C22H14Cl2O4/c23-15-7-6-14(17(24)8-15)12-27-16-9-18(25)22-19(26)11-20(28-21(22)10-16)13-4-2-1-3-5-13/h1-11,25H,12H2. The predicted molar refractivity (Wildman–Crippen MR) is 110 cm³/mol. The number of fused-ring (bicyclic) bond motifs is 1. The molecule has 0 spiro atoms. The third-order valence-corrected chi connectivity index (χ3v) is 4.84. The van der Waals surface area contributed by atoms with E-state index in [9.17, 15) is 9.90 Å². The molecule has 6 heteroatoms. The molecule has 0 bridgehead atoms. The minimum Gasteiger partial charge on any atom is -0.507 e. The van der Waals surface area contributed by atoms with Gasteiger partial charge in [0, 0.05) is 39.4 Å². The van der Waals surface area contributed by atoms with Crippen LogP contribution in [0.2, 0.25) is 10.0 Å². The van der Waals surface area contributed by atoms with E-state index in [1.54, 1.807) is 24.3 Å². The Bertz CT molecular complexity index is 1220. The van der Waals surface area contributed by atoms with Crippen LogP contribution in [0.5, 0.6) is 11.5 Å². The molecule has 0 radical (unpaired) electrons. The summed E-state index contributed by atoms with van der Waals surface area (Å²) in [5.74, 6) is 0.558. The number of halogens is 2. The van der Waals surface area contributed by atoms with E-state index in [1.807, 2.05) is 30.3 Å². The molecule has 4 nitrogen and oxygen atoms in total. The van der Waals surface area contributed by atoms with Crippen LogP contribution >= 0.6 is 23.2 Å². The van der Waals surface area contributed by atoms with E-state index in [0.29, 0.717) is 21.6 Å². The second-order valence-electron chi connectivity index (χ2n) is 6.18. The van der Waals surface area contributed by atoms with E-state index in [1.165, 1.54) is 12.1 Å². The van der Waals surface area contributed by atoms with Gasteiger partial charge in [0.2, 0.25) is 0 Å². The lowest BCUT2D eigenvalue weighted by Gasteiger charge is -2.10. The molecule has 0 atom stereocenters. The fraction of sp³-hybridized carbons (Fsp3) is 0.0455. The second kappa shape index (κ2) is 7.58. The number of rotatable bonds is 4. The number of phenols is 1. The summed E-state index contributed by atoms with van der Waals surface area (Å²) in [4.78, 5) is 12.5. The highest BCUT2D eigenvalue weighted by Gasteiger charge is 2.13. The highest BCUT2D eigenvalue weighted by atomic mass is 35.5. The zero-order valence-electron chi connectivity index (χ0n) is 14.5. The first-order valence-electron chi connectivity index (χ1n) is 8.44. The van der Waals surface area contributed by atoms with Crippen molar-refractivity contribution >= 4 is 34.2 Å². The molecule has 0 aliphatic rings. The molecule has 0 aliphatic heterocycles. The Morgan fingerprint density at radius 1 is 0.964 bits per heavy atom. The summed E-state index contributed by atoms with van der Waals surface area (Å²) < 4.78 is 11.6. The molecule has 0 saturated heterocycles. The molecule has 4 rings (SSSR count). The van der Waals surface area contributed by atoms with E-state index in [-0.39, 0.29) is 28.8 Å². The molecule has 140 valence electrons. The van der Waals surface area contributed by atoms with Gasteiger partial charge < -0.3 is 14.3 Å². The minimum absolute atomic E-state index is 0.108. The zero-order chi connectivity index (χ0) is 19.7. The van der Waals surface area contributed by atoms with Crippen LogP contribution in [0.25, 0.3) is 22.3 Å². The van der Waals surface area contributed by atoms with Crippen LogP contribution in [0.1, 0.15) is 5.56 Å². The summed E-state index contributed by atoms with van der Waals surface area (Å²) in [6, 6.07) is 18.7. The van der Waals surface area contributed by atoms with E-state index in [0.717, 1.165) is 11.1 Å². The Morgan fingerprint density at radius 3 is 2.50 bits per heavy atom. The van der Waals surface area contributed by atoms with Crippen molar-refractivity contribution in [3.05, 3.63) is 92.6 Å². The van der Waals surface area contributed by atoms with Crippen molar-refractivity contribution in [1.29, 1.82) is 0 Å². The van der Waals surface area contributed by atoms with Crippen LogP contribution in [-0.2, 0) is 6.61 Å². The van der Waals surface area contributed by atoms with Gasteiger partial charge in [0.25, 0.3) is 0 Å². The lowest BCUT2D eigenvalue weighted by molar-refractivity contribution is 0.304. The first-order chi connectivity index (χ1) is 13.5. The molecule has 0 amide bonds. The fourth-order valence-electron chi connectivity index (χ4n) is 2.87. The van der Waals surface area contributed by atoms with Crippen molar-refractivity contribution < 1.29 is 14.3 Å². The normalized spacial score (nSPS) is 10.9. The minimum atomic E-state index is -0.329. The topological polar surface area (TPSA) is 59.7 Å². The quantitative estimate of drug-likeness (QED) is 0.442. The maximum atomic E-state index is 12.5. The molecule has 3 aromatic carbocycles. The van der Waals surface area contributed by atoms with Crippen LogP contribution in [0.15, 0.2) is 75.9 Å². The van der Waals surface area contributed by atoms with E-state index >= 15 is 0 Å². The van der Waals surface area contributed by atoms with Crippen molar-refractivity contribution in [2.45, 2.75) is 6.61 Å². The van der Waals surface area contributed by atoms with Gasteiger partial charge in [-0.3, -0.25) is 4.79 Å². The Labute approximate surface area is 170 Å². The maximum absolute atomic E-state index is 12.5. The van der Waals surface area contributed by atoms with Gasteiger partial charge in [0.05, 0.1) is 0 Å². The van der Waals surface area contributed by atoms with Crippen molar-refractivity contribution in [3.63, 3.8) is 0 Å². The molecule has 0 unspecified atom stereocenters. The first kappa shape index (κ1) is 18.4. The number of aromatic hydroxyl groups is 1. The summed E-state index contributed by atoms with van der Waals surface area (Å²) >= 11 is 12.1. The van der Waals surface area contributed by atoms with Crippen LogP contribution < -0.4 is 10.2 Å². The largest absolute Gasteiger partial charge is 0.507 e. The first-order valence-corrected chi connectivity index (χ1v) is 9.20. The summed E-state index contributed by atoms with van der Waals surface area (Å²) in [7, 11) is 0. The third-order valence-electron chi connectivity index (χ3n) is 4.25. The molecule has 1 N–H and O–H groups in total. The highest BCUT2D eigenvalue weighted by Crippen LogP contribution is 2.32. The number of benzene rings is 3. The van der Waals surface area contributed by atoms with E-state index < -0.39 is 0 Å². The monoisotopic (exact) mass is 412 g/mol. The fourth-order valence-corrected chi connectivity index (χ4v) is 3.33. The number of hydrogen-bond donors (Lipinski definition) is 1. The van der Waals surface area contributed by atoms with Crippen LogP contribution in [0.3, 0.4) is 0 Å². The van der Waals surface area contributed by atoms with Crippen LogP contribution in [0.4, 0.5) is 0 Å². The molecule has 0 saturated carbocycles. The lowest BCUT2D eigenvalue weighted by atomic mass is 10.1. The van der Waals surface area contributed by atoms with Gasteiger partial charge in [-0.1, -0.05) is 59.6 Å². The Hall–Kier alpha value is -2.95. The van der Waals surface area contributed by atoms with Gasteiger partial charge in [-0.15, -0.1) is 0 Å². The zero-order valence-corrected chi connectivity index (χ0v) is 16.0. The number of ether oxygens (including phenoxy) is 1. The van der Waals surface area contributed by atoms with Gasteiger partial charge in [-0.2, -0.15) is 0 Å². The van der Waals surface area contributed by atoms with E-state index in [2.05, 4.69) is 0 Å². The van der Waals surface area contributed by atoms with Crippen LogP contribution in [-0.4, -0.2) is 5.11 Å². The van der Waals surface area contributed by atoms with E-state index in [4.69, 9.17) is 32.4 Å². The third kappa shape index (κ3) is 3.70. The Morgan fingerprint density at radius 2 is 1.75 bits per heavy atom. The predicted octanol–water partition coefficient (Wildman–Crippen LogP) is 6.05. The van der Waals surface area contributed by atoms with Gasteiger partial charge in [-0.25, -0.2) is 0 Å². The molecular weight excluding hydrogens is 399 g/mol. The summed E-state index contributed by atoms with van der Waals surface area (Å²) in [5, 5.41) is 11.4. The van der Waals surface area contributed by atoms with Gasteiger partial charge >= 0.3 is 0 Å². The summed E-state index contributed by atoms with van der Waals surface area (Å²) in [6.07, 6.45) is 0. The molecule has 4 aromatic rings. The number of phenolic OH excluding ortho intramolecular Hbond substituents is 1. The molecule has 0 aliphatic carbocycles. The molecule has 1 heterocycles. The number of hydrogen-bond acceptors (Lipinski definition) is 4. The smallest absolute Gasteiger partial charge is 0.197 e.